The maximum absolute atomic E-state index is 12.6. The second-order valence-corrected chi connectivity index (χ2v) is 8.93. The van der Waals surface area contributed by atoms with Gasteiger partial charge in [0.05, 0.1) is 4.90 Å². The molecule has 158 valence electrons. The number of rotatable bonds is 7. The van der Waals surface area contributed by atoms with Crippen molar-refractivity contribution in [3.05, 3.63) is 30.6 Å². The number of sulfonamides is 1. The van der Waals surface area contributed by atoms with Crippen LogP contribution >= 0.6 is 0 Å². The molecule has 0 aliphatic carbocycles. The van der Waals surface area contributed by atoms with Crippen molar-refractivity contribution in [3.63, 3.8) is 0 Å². The molecule has 1 aliphatic heterocycles. The maximum Gasteiger partial charge on any atom is 0.243 e. The van der Waals surface area contributed by atoms with Gasteiger partial charge in [-0.15, -0.1) is 0 Å². The lowest BCUT2D eigenvalue weighted by Crippen LogP contribution is -2.45. The highest BCUT2D eigenvalue weighted by atomic mass is 32.2. The fraction of sp³-hybridized carbons (Fsp3) is 0.474. The van der Waals surface area contributed by atoms with Gasteiger partial charge in [0.1, 0.15) is 12.0 Å². The summed E-state index contributed by atoms with van der Waals surface area (Å²) in [6, 6.07) is 6.62. The lowest BCUT2D eigenvalue weighted by molar-refractivity contribution is 0.312. The number of hydrogen-bond donors (Lipinski definition) is 2. The standard InChI is InChI=1S/C19H29N7O2S/c1-4-26(5-2)29(27,28)16-8-6-15(7-9-16)23-18-17(20)19(22-14-21-18)25-12-10-24(3)11-13-25/h6-9,14H,4-5,10-13,20H2,1-3H3,(H,21,22,23). The minimum Gasteiger partial charge on any atom is -0.393 e. The number of anilines is 4. The number of likely N-dealkylation sites (N-methyl/N-ethyl adjacent to an activating group) is 1. The van der Waals surface area contributed by atoms with Gasteiger partial charge in [-0.2, -0.15) is 4.31 Å². The third-order valence-electron chi connectivity index (χ3n) is 5.13. The SMILES string of the molecule is CCN(CC)S(=O)(=O)c1ccc(Nc2ncnc(N3CCN(C)CC3)c2N)cc1. The van der Waals surface area contributed by atoms with Crippen LogP contribution in [0.3, 0.4) is 0 Å². The minimum absolute atomic E-state index is 0.264. The van der Waals surface area contributed by atoms with Gasteiger partial charge in [-0.05, 0) is 31.3 Å². The molecule has 0 amide bonds. The summed E-state index contributed by atoms with van der Waals surface area (Å²) in [5.41, 5.74) is 7.52. The predicted octanol–water partition coefficient (Wildman–Crippen LogP) is 1.58. The second-order valence-electron chi connectivity index (χ2n) is 6.99. The predicted molar refractivity (Wildman–Crippen MR) is 116 cm³/mol. The summed E-state index contributed by atoms with van der Waals surface area (Å²) in [5.74, 6) is 1.23. The maximum atomic E-state index is 12.6. The molecule has 29 heavy (non-hydrogen) atoms. The number of nitrogen functional groups attached to an aromatic ring is 1. The van der Waals surface area contributed by atoms with E-state index in [0.29, 0.717) is 30.3 Å². The molecule has 1 aromatic carbocycles. The molecule has 3 N–H and O–H groups in total. The molecule has 1 aromatic heterocycles. The quantitative estimate of drug-likeness (QED) is 0.697. The van der Waals surface area contributed by atoms with Gasteiger partial charge in [-0.3, -0.25) is 0 Å². The van der Waals surface area contributed by atoms with E-state index >= 15 is 0 Å². The Hall–Kier alpha value is -2.43. The summed E-state index contributed by atoms with van der Waals surface area (Å²) in [4.78, 5) is 13.3. The summed E-state index contributed by atoms with van der Waals surface area (Å²) < 4.78 is 26.7. The molecule has 1 aliphatic rings. The molecule has 0 saturated carbocycles. The van der Waals surface area contributed by atoms with Crippen LogP contribution in [0.5, 0.6) is 0 Å². The van der Waals surface area contributed by atoms with Gasteiger partial charge >= 0.3 is 0 Å². The fourth-order valence-corrected chi connectivity index (χ4v) is 4.77. The van der Waals surface area contributed by atoms with Crippen LogP contribution in [-0.4, -0.2) is 73.9 Å². The molecule has 0 atom stereocenters. The monoisotopic (exact) mass is 419 g/mol. The Morgan fingerprint density at radius 3 is 2.28 bits per heavy atom. The van der Waals surface area contributed by atoms with Crippen molar-refractivity contribution < 1.29 is 8.42 Å². The van der Waals surface area contributed by atoms with Gasteiger partial charge in [-0.1, -0.05) is 13.8 Å². The highest BCUT2D eigenvalue weighted by molar-refractivity contribution is 7.89. The molecule has 0 spiro atoms. The molecule has 0 bridgehead atoms. The van der Waals surface area contributed by atoms with Crippen molar-refractivity contribution in [3.8, 4) is 0 Å². The third-order valence-corrected chi connectivity index (χ3v) is 7.19. The lowest BCUT2D eigenvalue weighted by Gasteiger charge is -2.33. The molecule has 9 nitrogen and oxygen atoms in total. The number of piperazine rings is 1. The molecular formula is C19H29N7O2S. The molecule has 1 fully saturated rings. The Morgan fingerprint density at radius 1 is 1.07 bits per heavy atom. The van der Waals surface area contributed by atoms with Crippen molar-refractivity contribution in [1.29, 1.82) is 0 Å². The molecule has 3 rings (SSSR count). The third kappa shape index (κ3) is 4.60. The first-order valence-electron chi connectivity index (χ1n) is 9.78. The Morgan fingerprint density at radius 2 is 1.69 bits per heavy atom. The Bertz CT molecular complexity index is 922. The zero-order valence-electron chi connectivity index (χ0n) is 17.2. The second kappa shape index (κ2) is 8.93. The molecule has 10 heteroatoms. The van der Waals surface area contributed by atoms with Crippen molar-refractivity contribution in [2.24, 2.45) is 0 Å². The van der Waals surface area contributed by atoms with Crippen molar-refractivity contribution in [2.75, 3.05) is 62.3 Å². The number of nitrogens with two attached hydrogens (primary N) is 1. The summed E-state index contributed by atoms with van der Waals surface area (Å²) in [7, 11) is -1.39. The van der Waals surface area contributed by atoms with Crippen LogP contribution in [0.25, 0.3) is 0 Å². The van der Waals surface area contributed by atoms with E-state index in [1.807, 2.05) is 13.8 Å². The topological polar surface area (TPSA) is 108 Å². The zero-order chi connectivity index (χ0) is 21.0. The normalized spacial score (nSPS) is 15.7. The van der Waals surface area contributed by atoms with E-state index in [2.05, 4.69) is 32.1 Å². The first-order valence-corrected chi connectivity index (χ1v) is 11.2. The van der Waals surface area contributed by atoms with Gasteiger partial charge in [0.2, 0.25) is 10.0 Å². The Labute approximate surface area is 172 Å². The van der Waals surface area contributed by atoms with Crippen LogP contribution in [0.1, 0.15) is 13.8 Å². The van der Waals surface area contributed by atoms with Crippen LogP contribution in [0, 0.1) is 0 Å². The van der Waals surface area contributed by atoms with E-state index in [-0.39, 0.29) is 4.90 Å². The van der Waals surface area contributed by atoms with E-state index in [0.717, 1.165) is 32.0 Å². The average molecular weight is 420 g/mol. The summed E-state index contributed by atoms with van der Waals surface area (Å²) in [5, 5.41) is 3.17. The molecule has 2 aromatic rings. The number of aromatic nitrogens is 2. The highest BCUT2D eigenvalue weighted by Gasteiger charge is 2.22. The van der Waals surface area contributed by atoms with Crippen LogP contribution < -0.4 is 16.0 Å². The van der Waals surface area contributed by atoms with Gasteiger partial charge in [-0.25, -0.2) is 18.4 Å². The minimum atomic E-state index is -3.48. The van der Waals surface area contributed by atoms with Gasteiger partial charge in [0.25, 0.3) is 0 Å². The first-order chi connectivity index (χ1) is 13.9. The van der Waals surface area contributed by atoms with Crippen LogP contribution in [0.2, 0.25) is 0 Å². The van der Waals surface area contributed by atoms with Crippen molar-refractivity contribution >= 4 is 33.0 Å². The molecule has 0 radical (unpaired) electrons. The molecule has 2 heterocycles. The zero-order valence-corrected chi connectivity index (χ0v) is 18.0. The van der Waals surface area contributed by atoms with Crippen LogP contribution in [0.15, 0.2) is 35.5 Å². The highest BCUT2D eigenvalue weighted by Crippen LogP contribution is 2.29. The van der Waals surface area contributed by atoms with Crippen LogP contribution in [0.4, 0.5) is 23.0 Å². The van der Waals surface area contributed by atoms with Crippen molar-refractivity contribution in [1.82, 2.24) is 19.2 Å². The van der Waals surface area contributed by atoms with E-state index < -0.39 is 10.0 Å². The fourth-order valence-electron chi connectivity index (χ4n) is 3.32. The van der Waals surface area contributed by atoms with E-state index in [4.69, 9.17) is 5.73 Å². The number of nitrogens with zero attached hydrogens (tertiary/aromatic N) is 5. The van der Waals surface area contributed by atoms with E-state index in [9.17, 15) is 8.42 Å². The van der Waals surface area contributed by atoms with Crippen LogP contribution in [-0.2, 0) is 10.0 Å². The smallest absolute Gasteiger partial charge is 0.243 e. The molecular weight excluding hydrogens is 390 g/mol. The summed E-state index contributed by atoms with van der Waals surface area (Å²) >= 11 is 0. The number of nitrogens with one attached hydrogen (secondary N) is 1. The molecule has 1 saturated heterocycles. The Balaban J connectivity index is 1.78. The van der Waals surface area contributed by atoms with Gasteiger partial charge in [0, 0.05) is 45.0 Å². The summed E-state index contributed by atoms with van der Waals surface area (Å²) in [6.07, 6.45) is 1.49. The lowest BCUT2D eigenvalue weighted by atomic mass is 10.3. The van der Waals surface area contributed by atoms with E-state index in [1.165, 1.54) is 10.6 Å². The number of benzene rings is 1. The van der Waals surface area contributed by atoms with Crippen molar-refractivity contribution in [2.45, 2.75) is 18.7 Å². The van der Waals surface area contributed by atoms with Gasteiger partial charge < -0.3 is 20.9 Å². The average Bonchev–Trinajstić information content (AvgIpc) is 2.71. The first kappa shape index (κ1) is 21.3. The molecule has 0 unspecified atom stereocenters. The van der Waals surface area contributed by atoms with Gasteiger partial charge in [0.15, 0.2) is 11.6 Å². The largest absolute Gasteiger partial charge is 0.393 e. The number of hydrogen-bond acceptors (Lipinski definition) is 8. The summed E-state index contributed by atoms with van der Waals surface area (Å²) in [6.45, 7) is 8.14. The Kier molecular flexibility index (Phi) is 6.56. The van der Waals surface area contributed by atoms with E-state index in [1.54, 1.807) is 24.3 Å².